The quantitative estimate of drug-likeness (QED) is 0.859. The number of aromatic nitrogens is 1. The normalized spacial score (nSPS) is 22.6. The zero-order valence-electron chi connectivity index (χ0n) is 11.7. The number of esters is 1. The molecule has 0 aliphatic carbocycles. The van der Waals surface area contributed by atoms with E-state index in [2.05, 4.69) is 20.9 Å². The molecular weight excluding hydrogens is 324 g/mol. The first-order valence-electron chi connectivity index (χ1n) is 6.81. The molecule has 0 saturated carbocycles. The number of hydrogen-bond acceptors (Lipinski definition) is 3. The fraction of sp³-hybridized carbons (Fsp3) is 0.571. The van der Waals surface area contributed by atoms with Crippen LogP contribution in [0.4, 0.5) is 0 Å². The van der Waals surface area contributed by atoms with Gasteiger partial charge in [-0.3, -0.25) is 4.79 Å². The van der Waals surface area contributed by atoms with Crippen LogP contribution < -0.4 is 0 Å². The number of carbonyl (C=O) groups excluding carboxylic acids is 2. The Hall–Kier alpha value is -1.30. The van der Waals surface area contributed by atoms with Gasteiger partial charge in [-0.1, -0.05) is 0 Å². The van der Waals surface area contributed by atoms with E-state index in [0.717, 1.165) is 23.7 Å². The van der Waals surface area contributed by atoms with E-state index >= 15 is 0 Å². The molecular formula is C14H19BrN2O3. The lowest BCUT2D eigenvalue weighted by Crippen LogP contribution is -2.49. The van der Waals surface area contributed by atoms with E-state index < -0.39 is 5.97 Å². The monoisotopic (exact) mass is 342 g/mol. The summed E-state index contributed by atoms with van der Waals surface area (Å²) in [5.74, 6) is -0.634. The Morgan fingerprint density at radius 3 is 2.60 bits per heavy atom. The molecule has 1 aliphatic heterocycles. The summed E-state index contributed by atoms with van der Waals surface area (Å²) in [6, 6.07) is 2.05. The Morgan fingerprint density at radius 1 is 1.40 bits per heavy atom. The maximum atomic E-state index is 12.2. The number of halogens is 1. The van der Waals surface area contributed by atoms with E-state index in [-0.39, 0.29) is 24.6 Å². The molecule has 5 nitrogen and oxygen atoms in total. The van der Waals surface area contributed by atoms with Crippen LogP contribution in [0.2, 0.25) is 0 Å². The second-order valence-corrected chi connectivity index (χ2v) is 6.15. The van der Waals surface area contributed by atoms with Crippen molar-refractivity contribution in [2.75, 3.05) is 6.61 Å². The fourth-order valence-corrected chi connectivity index (χ4v) is 3.02. The molecule has 1 saturated heterocycles. The van der Waals surface area contributed by atoms with Gasteiger partial charge in [0, 0.05) is 22.8 Å². The first-order valence-corrected chi connectivity index (χ1v) is 7.60. The van der Waals surface area contributed by atoms with Gasteiger partial charge in [0.05, 0.1) is 0 Å². The van der Waals surface area contributed by atoms with Gasteiger partial charge in [0.25, 0.3) is 5.91 Å². The molecule has 1 amide bonds. The average molecular weight is 343 g/mol. The minimum absolute atomic E-state index is 0.122. The van der Waals surface area contributed by atoms with Crippen molar-refractivity contribution in [2.24, 2.45) is 0 Å². The molecule has 2 unspecified atom stereocenters. The van der Waals surface area contributed by atoms with Crippen LogP contribution in [-0.2, 0) is 9.53 Å². The number of nitrogens with one attached hydrogen (secondary N) is 1. The topological polar surface area (TPSA) is 62.4 Å². The number of amides is 1. The van der Waals surface area contributed by atoms with Gasteiger partial charge in [0.2, 0.25) is 0 Å². The summed E-state index contributed by atoms with van der Waals surface area (Å²) in [6.07, 6.45) is 4.80. The molecule has 20 heavy (non-hydrogen) atoms. The number of likely N-dealkylation sites (tertiary alicyclic amines) is 1. The van der Waals surface area contributed by atoms with Crippen LogP contribution in [0.5, 0.6) is 0 Å². The number of nitrogens with zero attached hydrogens (tertiary/aromatic N) is 1. The zero-order valence-corrected chi connectivity index (χ0v) is 13.3. The van der Waals surface area contributed by atoms with Gasteiger partial charge >= 0.3 is 5.97 Å². The number of piperidine rings is 1. The highest BCUT2D eigenvalue weighted by atomic mass is 79.9. The van der Waals surface area contributed by atoms with Crippen molar-refractivity contribution in [3.05, 3.63) is 22.4 Å². The molecule has 1 fully saturated rings. The minimum Gasteiger partial charge on any atom is -0.451 e. The largest absolute Gasteiger partial charge is 0.451 e. The highest BCUT2D eigenvalue weighted by molar-refractivity contribution is 9.10. The van der Waals surface area contributed by atoms with Crippen molar-refractivity contribution in [1.82, 2.24) is 9.88 Å². The van der Waals surface area contributed by atoms with E-state index in [0.29, 0.717) is 5.69 Å². The van der Waals surface area contributed by atoms with Gasteiger partial charge in [0.15, 0.2) is 6.61 Å². The molecule has 1 aromatic heterocycles. The number of ether oxygens (including phenoxy) is 1. The van der Waals surface area contributed by atoms with E-state index in [1.54, 1.807) is 12.3 Å². The van der Waals surface area contributed by atoms with Gasteiger partial charge in [0.1, 0.15) is 5.69 Å². The van der Waals surface area contributed by atoms with Gasteiger partial charge in [-0.25, -0.2) is 4.79 Å². The number of carbonyl (C=O) groups is 2. The van der Waals surface area contributed by atoms with Crippen molar-refractivity contribution < 1.29 is 14.3 Å². The summed E-state index contributed by atoms with van der Waals surface area (Å²) in [5.41, 5.74) is 0.337. The predicted octanol–water partition coefficient (Wildman–Crippen LogP) is 2.72. The van der Waals surface area contributed by atoms with Crippen LogP contribution in [0.15, 0.2) is 16.7 Å². The predicted molar refractivity (Wildman–Crippen MR) is 78.4 cm³/mol. The number of hydrogen-bond donors (Lipinski definition) is 1. The Kier molecular flexibility index (Phi) is 4.86. The molecule has 2 heterocycles. The third-order valence-corrected chi connectivity index (χ3v) is 4.13. The average Bonchev–Trinajstić information content (AvgIpc) is 2.82. The summed E-state index contributed by atoms with van der Waals surface area (Å²) in [5, 5.41) is 0. The second kappa shape index (κ2) is 6.43. The molecule has 0 spiro atoms. The highest BCUT2D eigenvalue weighted by Gasteiger charge is 2.29. The second-order valence-electron chi connectivity index (χ2n) is 5.24. The molecule has 1 aliphatic rings. The van der Waals surface area contributed by atoms with Crippen LogP contribution in [0, 0.1) is 0 Å². The summed E-state index contributed by atoms with van der Waals surface area (Å²) >= 11 is 3.24. The molecule has 2 rings (SSSR count). The van der Waals surface area contributed by atoms with Crippen LogP contribution in [-0.4, -0.2) is 40.5 Å². The van der Waals surface area contributed by atoms with Gasteiger partial charge in [-0.15, -0.1) is 0 Å². The molecule has 2 atom stereocenters. The van der Waals surface area contributed by atoms with Crippen molar-refractivity contribution in [1.29, 1.82) is 0 Å². The van der Waals surface area contributed by atoms with E-state index in [4.69, 9.17) is 4.74 Å². The van der Waals surface area contributed by atoms with Gasteiger partial charge in [-0.05, 0) is 55.1 Å². The minimum atomic E-state index is -0.513. The molecule has 0 radical (unpaired) electrons. The van der Waals surface area contributed by atoms with Crippen molar-refractivity contribution >= 4 is 27.8 Å². The fourth-order valence-electron chi connectivity index (χ4n) is 2.68. The lowest BCUT2D eigenvalue weighted by molar-refractivity contribution is -0.140. The van der Waals surface area contributed by atoms with Gasteiger partial charge in [-0.2, -0.15) is 0 Å². The number of aromatic amines is 1. The van der Waals surface area contributed by atoms with Gasteiger partial charge < -0.3 is 14.6 Å². The van der Waals surface area contributed by atoms with Crippen LogP contribution in [0.25, 0.3) is 0 Å². The lowest BCUT2D eigenvalue weighted by Gasteiger charge is -2.38. The molecule has 0 aromatic carbocycles. The first-order chi connectivity index (χ1) is 9.49. The maximum absolute atomic E-state index is 12.2. The van der Waals surface area contributed by atoms with E-state index in [1.165, 1.54) is 0 Å². The lowest BCUT2D eigenvalue weighted by atomic mass is 9.97. The Balaban J connectivity index is 1.90. The number of rotatable bonds is 3. The van der Waals surface area contributed by atoms with Crippen LogP contribution in [0.1, 0.15) is 43.6 Å². The van der Waals surface area contributed by atoms with Crippen LogP contribution >= 0.6 is 15.9 Å². The molecule has 1 N–H and O–H groups in total. The molecule has 0 bridgehead atoms. The van der Waals surface area contributed by atoms with Crippen molar-refractivity contribution in [3.8, 4) is 0 Å². The standard InChI is InChI=1S/C14H19BrN2O3/c1-9-4-3-5-10(2)17(9)13(18)8-20-14(19)12-6-11(15)7-16-12/h6-7,9-10,16H,3-5,8H2,1-2H3. The van der Waals surface area contributed by atoms with Crippen molar-refractivity contribution in [3.63, 3.8) is 0 Å². The molecule has 110 valence electrons. The third-order valence-electron chi connectivity index (χ3n) is 3.68. The highest BCUT2D eigenvalue weighted by Crippen LogP contribution is 2.22. The van der Waals surface area contributed by atoms with E-state index in [9.17, 15) is 9.59 Å². The Labute approximate surface area is 126 Å². The smallest absolute Gasteiger partial charge is 0.355 e. The SMILES string of the molecule is CC1CCCC(C)N1C(=O)COC(=O)c1cc(Br)c[nH]1. The maximum Gasteiger partial charge on any atom is 0.355 e. The summed E-state index contributed by atoms with van der Waals surface area (Å²) in [7, 11) is 0. The summed E-state index contributed by atoms with van der Waals surface area (Å²) < 4.78 is 5.84. The molecule has 6 heteroatoms. The van der Waals surface area contributed by atoms with Crippen LogP contribution in [0.3, 0.4) is 0 Å². The Bertz CT molecular complexity index is 490. The van der Waals surface area contributed by atoms with Crippen molar-refractivity contribution in [2.45, 2.75) is 45.2 Å². The summed E-state index contributed by atoms with van der Waals surface area (Å²) in [6.45, 7) is 3.87. The summed E-state index contributed by atoms with van der Waals surface area (Å²) in [4.78, 5) is 28.6. The first kappa shape index (κ1) is 15.1. The number of H-pyrrole nitrogens is 1. The molecule has 1 aromatic rings. The zero-order chi connectivity index (χ0) is 14.7. The Morgan fingerprint density at radius 2 is 2.05 bits per heavy atom. The van der Waals surface area contributed by atoms with E-state index in [1.807, 2.05) is 18.7 Å². The third kappa shape index (κ3) is 3.42.